The number of hydrogen-bond acceptors (Lipinski definition) is 6. The molecule has 120 valence electrons. The van der Waals surface area contributed by atoms with Crippen molar-refractivity contribution in [1.82, 2.24) is 19.5 Å². The quantitative estimate of drug-likeness (QED) is 0.517. The minimum atomic E-state index is 0.501. The normalized spacial score (nSPS) is 11.0. The van der Waals surface area contributed by atoms with Crippen molar-refractivity contribution in [3.63, 3.8) is 0 Å². The third-order valence-corrected chi connectivity index (χ3v) is 4.50. The van der Waals surface area contributed by atoms with Gasteiger partial charge in [-0.05, 0) is 36.4 Å². The fourth-order valence-corrected chi connectivity index (χ4v) is 3.13. The SMILES string of the molecule is COc1ccc(-c2nc(CSc3ncc4ccccn34)no2)cc1. The van der Waals surface area contributed by atoms with E-state index in [0.717, 1.165) is 22.0 Å². The smallest absolute Gasteiger partial charge is 0.257 e. The zero-order chi connectivity index (χ0) is 16.4. The van der Waals surface area contributed by atoms with Gasteiger partial charge in [-0.2, -0.15) is 4.98 Å². The molecule has 0 aliphatic heterocycles. The molecule has 0 atom stereocenters. The molecule has 0 amide bonds. The number of benzene rings is 1. The second-order valence-corrected chi connectivity index (χ2v) is 6.01. The van der Waals surface area contributed by atoms with Crippen LogP contribution in [0.5, 0.6) is 5.75 Å². The Hall–Kier alpha value is -2.80. The van der Waals surface area contributed by atoms with Gasteiger partial charge in [0, 0.05) is 11.8 Å². The summed E-state index contributed by atoms with van der Waals surface area (Å²) in [4.78, 5) is 8.86. The Kier molecular flexibility index (Phi) is 3.92. The van der Waals surface area contributed by atoms with Crippen molar-refractivity contribution in [2.45, 2.75) is 10.9 Å². The first kappa shape index (κ1) is 14.8. The van der Waals surface area contributed by atoms with Crippen LogP contribution in [-0.4, -0.2) is 26.6 Å². The zero-order valence-electron chi connectivity index (χ0n) is 12.9. The van der Waals surface area contributed by atoms with Crippen LogP contribution in [0.25, 0.3) is 17.0 Å². The van der Waals surface area contributed by atoms with Crippen LogP contribution in [0.2, 0.25) is 0 Å². The van der Waals surface area contributed by atoms with E-state index in [1.165, 1.54) is 0 Å². The molecule has 0 aliphatic carbocycles. The van der Waals surface area contributed by atoms with Crippen LogP contribution in [0, 0.1) is 0 Å². The average molecular weight is 338 g/mol. The lowest BCUT2D eigenvalue weighted by molar-refractivity contribution is 0.414. The Bertz CT molecular complexity index is 962. The zero-order valence-corrected chi connectivity index (χ0v) is 13.7. The summed E-state index contributed by atoms with van der Waals surface area (Å²) in [6.45, 7) is 0. The van der Waals surface area contributed by atoms with Crippen LogP contribution in [0.3, 0.4) is 0 Å². The van der Waals surface area contributed by atoms with Crippen molar-refractivity contribution in [1.29, 1.82) is 0 Å². The number of methoxy groups -OCH3 is 1. The topological polar surface area (TPSA) is 65.5 Å². The van der Waals surface area contributed by atoms with Crippen molar-refractivity contribution >= 4 is 17.3 Å². The first-order chi connectivity index (χ1) is 11.8. The van der Waals surface area contributed by atoms with Crippen LogP contribution >= 0.6 is 11.8 Å². The van der Waals surface area contributed by atoms with E-state index in [-0.39, 0.29) is 0 Å². The van der Waals surface area contributed by atoms with Crippen molar-refractivity contribution in [3.8, 4) is 17.2 Å². The average Bonchev–Trinajstić information content (AvgIpc) is 3.27. The highest BCUT2D eigenvalue weighted by atomic mass is 32.2. The summed E-state index contributed by atoms with van der Waals surface area (Å²) in [5.74, 6) is 2.52. The molecule has 0 radical (unpaired) electrons. The number of hydrogen-bond donors (Lipinski definition) is 0. The van der Waals surface area contributed by atoms with Gasteiger partial charge in [-0.3, -0.25) is 4.40 Å². The third kappa shape index (κ3) is 2.85. The molecule has 4 rings (SSSR count). The standard InChI is InChI=1S/C17H14N4O2S/c1-22-14-7-5-12(6-8-14)16-19-15(20-23-16)11-24-17-18-10-13-4-2-3-9-21(13)17/h2-10H,11H2,1H3. The number of aromatic nitrogens is 4. The second kappa shape index (κ2) is 6.37. The molecular weight excluding hydrogens is 324 g/mol. The molecule has 0 aliphatic rings. The Morgan fingerprint density at radius 2 is 2.04 bits per heavy atom. The third-order valence-electron chi connectivity index (χ3n) is 3.54. The maximum Gasteiger partial charge on any atom is 0.257 e. The summed E-state index contributed by atoms with van der Waals surface area (Å²) in [5.41, 5.74) is 1.93. The van der Waals surface area contributed by atoms with Crippen LogP contribution in [0.1, 0.15) is 5.82 Å². The number of nitrogens with zero attached hydrogens (tertiary/aromatic N) is 4. The molecule has 0 spiro atoms. The number of thioether (sulfide) groups is 1. The lowest BCUT2D eigenvalue weighted by Crippen LogP contribution is -1.89. The largest absolute Gasteiger partial charge is 0.497 e. The molecule has 0 saturated heterocycles. The number of imidazole rings is 1. The highest BCUT2D eigenvalue weighted by Gasteiger charge is 2.11. The van der Waals surface area contributed by atoms with Gasteiger partial charge >= 0.3 is 0 Å². The number of fused-ring (bicyclic) bond motifs is 1. The van der Waals surface area contributed by atoms with Gasteiger partial charge in [-0.15, -0.1) is 0 Å². The lowest BCUT2D eigenvalue weighted by Gasteiger charge is -1.99. The van der Waals surface area contributed by atoms with Gasteiger partial charge in [0.05, 0.1) is 24.6 Å². The second-order valence-electron chi connectivity index (χ2n) is 5.07. The van der Waals surface area contributed by atoms with E-state index in [4.69, 9.17) is 9.26 Å². The fraction of sp³-hybridized carbons (Fsp3) is 0.118. The van der Waals surface area contributed by atoms with E-state index in [1.807, 2.05) is 59.3 Å². The van der Waals surface area contributed by atoms with Crippen molar-refractivity contribution in [2.24, 2.45) is 0 Å². The molecule has 0 fully saturated rings. The van der Waals surface area contributed by atoms with Gasteiger partial charge < -0.3 is 9.26 Å². The monoisotopic (exact) mass is 338 g/mol. The van der Waals surface area contributed by atoms with Gasteiger partial charge in [0.25, 0.3) is 5.89 Å². The minimum Gasteiger partial charge on any atom is -0.497 e. The van der Waals surface area contributed by atoms with E-state index in [2.05, 4.69) is 15.1 Å². The molecule has 7 heteroatoms. The molecular formula is C17H14N4O2S. The molecule has 1 aromatic carbocycles. The molecule has 24 heavy (non-hydrogen) atoms. The predicted octanol–water partition coefficient (Wildman–Crippen LogP) is 3.69. The van der Waals surface area contributed by atoms with Crippen LogP contribution in [-0.2, 0) is 5.75 Å². The van der Waals surface area contributed by atoms with E-state index in [0.29, 0.717) is 17.5 Å². The van der Waals surface area contributed by atoms with Gasteiger partial charge in [-0.25, -0.2) is 4.98 Å². The minimum absolute atomic E-state index is 0.501. The highest BCUT2D eigenvalue weighted by molar-refractivity contribution is 7.98. The van der Waals surface area contributed by atoms with Gasteiger partial charge in [0.1, 0.15) is 5.75 Å². The molecule has 4 aromatic rings. The van der Waals surface area contributed by atoms with Crippen molar-refractivity contribution in [2.75, 3.05) is 7.11 Å². The summed E-state index contributed by atoms with van der Waals surface area (Å²) in [5, 5.41) is 4.94. The van der Waals surface area contributed by atoms with Gasteiger partial charge in [0.15, 0.2) is 11.0 Å². The Balaban J connectivity index is 1.48. The van der Waals surface area contributed by atoms with E-state index in [1.54, 1.807) is 18.9 Å². The van der Waals surface area contributed by atoms with E-state index < -0.39 is 0 Å². The molecule has 0 bridgehead atoms. The van der Waals surface area contributed by atoms with Crippen molar-refractivity contribution in [3.05, 3.63) is 60.7 Å². The fourth-order valence-electron chi connectivity index (χ4n) is 2.32. The summed E-state index contributed by atoms with van der Waals surface area (Å²) >= 11 is 1.57. The maximum absolute atomic E-state index is 5.34. The first-order valence-electron chi connectivity index (χ1n) is 7.35. The lowest BCUT2D eigenvalue weighted by atomic mass is 10.2. The van der Waals surface area contributed by atoms with Crippen LogP contribution in [0.15, 0.2) is 64.5 Å². The number of rotatable bonds is 5. The van der Waals surface area contributed by atoms with Gasteiger partial charge in [0.2, 0.25) is 0 Å². The number of ether oxygens (including phenoxy) is 1. The van der Waals surface area contributed by atoms with Crippen LogP contribution < -0.4 is 4.74 Å². The summed E-state index contributed by atoms with van der Waals surface area (Å²) < 4.78 is 12.5. The van der Waals surface area contributed by atoms with E-state index >= 15 is 0 Å². The molecule has 3 heterocycles. The highest BCUT2D eigenvalue weighted by Crippen LogP contribution is 2.24. The number of pyridine rings is 1. The first-order valence-corrected chi connectivity index (χ1v) is 8.34. The molecule has 0 saturated carbocycles. The van der Waals surface area contributed by atoms with Crippen molar-refractivity contribution < 1.29 is 9.26 Å². The van der Waals surface area contributed by atoms with Crippen LogP contribution in [0.4, 0.5) is 0 Å². The molecule has 0 N–H and O–H groups in total. The maximum atomic E-state index is 5.34. The Morgan fingerprint density at radius 3 is 2.88 bits per heavy atom. The predicted molar refractivity (Wildman–Crippen MR) is 91.0 cm³/mol. The molecule has 3 aromatic heterocycles. The van der Waals surface area contributed by atoms with E-state index in [9.17, 15) is 0 Å². The van der Waals surface area contributed by atoms with Gasteiger partial charge in [-0.1, -0.05) is 23.0 Å². The summed E-state index contributed by atoms with van der Waals surface area (Å²) in [7, 11) is 1.64. The summed E-state index contributed by atoms with van der Waals surface area (Å²) in [6.07, 6.45) is 3.84. The molecule has 0 unspecified atom stereocenters. The molecule has 6 nitrogen and oxygen atoms in total. The Morgan fingerprint density at radius 1 is 1.17 bits per heavy atom. The Labute approximate surface area is 142 Å². The summed E-state index contributed by atoms with van der Waals surface area (Å²) in [6, 6.07) is 13.5.